The molecule has 1 heterocycles. The number of hydrogen-bond donors (Lipinski definition) is 2. The first-order chi connectivity index (χ1) is 10.1. The summed E-state index contributed by atoms with van der Waals surface area (Å²) in [6.45, 7) is 3.89. The molecule has 0 aliphatic heterocycles. The lowest BCUT2D eigenvalue weighted by molar-refractivity contribution is 0.273. The smallest absolute Gasteiger partial charge is 0.137 e. The second kappa shape index (κ2) is 7.38. The average molecular weight is 306 g/mol. The first-order valence-corrected chi connectivity index (χ1v) is 7.46. The van der Waals surface area contributed by atoms with Crippen LogP contribution in [-0.4, -0.2) is 27.7 Å². The van der Waals surface area contributed by atoms with Crippen LogP contribution in [0.2, 0.25) is 5.15 Å². The van der Waals surface area contributed by atoms with Gasteiger partial charge in [0.25, 0.3) is 0 Å². The zero-order chi connectivity index (χ0) is 15.2. The number of rotatable bonds is 6. The highest BCUT2D eigenvalue weighted by molar-refractivity contribution is 6.30. The zero-order valence-corrected chi connectivity index (χ0v) is 13.1. The number of anilines is 1. The Balaban J connectivity index is 2.16. The molecular formula is C16H20ClN3O. The van der Waals surface area contributed by atoms with Gasteiger partial charge in [-0.25, -0.2) is 9.97 Å². The van der Waals surface area contributed by atoms with Crippen LogP contribution in [0.25, 0.3) is 0 Å². The van der Waals surface area contributed by atoms with Crippen LogP contribution in [0.5, 0.6) is 0 Å². The van der Waals surface area contributed by atoms with Gasteiger partial charge in [-0.1, -0.05) is 48.9 Å². The standard InChI is InChI=1S/C16H20ClN3O/c1-3-14-19-15(17)11(2)16(20-14)18-13(10-21)9-12-7-5-4-6-8-12/h4-8,13,21H,3,9-10H2,1-2H3,(H,18,19,20). The average Bonchev–Trinajstić information content (AvgIpc) is 2.51. The first-order valence-electron chi connectivity index (χ1n) is 7.08. The number of nitrogens with zero attached hydrogens (tertiary/aromatic N) is 2. The van der Waals surface area contributed by atoms with Gasteiger partial charge in [0.2, 0.25) is 0 Å². The van der Waals surface area contributed by atoms with Crippen LogP contribution >= 0.6 is 11.6 Å². The molecule has 2 N–H and O–H groups in total. The predicted octanol–water partition coefficient (Wildman–Crippen LogP) is 3.02. The van der Waals surface area contributed by atoms with Crippen molar-refractivity contribution in [3.8, 4) is 0 Å². The fourth-order valence-electron chi connectivity index (χ4n) is 2.08. The van der Waals surface area contributed by atoms with E-state index in [4.69, 9.17) is 11.6 Å². The molecule has 0 saturated carbocycles. The molecule has 0 amide bonds. The SMILES string of the molecule is CCc1nc(Cl)c(C)c(NC(CO)Cc2ccccc2)n1. The summed E-state index contributed by atoms with van der Waals surface area (Å²) in [5, 5.41) is 13.3. The second-order valence-electron chi connectivity index (χ2n) is 4.97. The van der Waals surface area contributed by atoms with Crippen molar-refractivity contribution in [1.82, 2.24) is 9.97 Å². The Morgan fingerprint density at radius 1 is 1.24 bits per heavy atom. The van der Waals surface area contributed by atoms with Crippen LogP contribution in [0.3, 0.4) is 0 Å². The van der Waals surface area contributed by atoms with Gasteiger partial charge in [0.05, 0.1) is 12.6 Å². The summed E-state index contributed by atoms with van der Waals surface area (Å²) in [6, 6.07) is 9.94. The molecule has 4 nitrogen and oxygen atoms in total. The van der Waals surface area contributed by atoms with Gasteiger partial charge in [0, 0.05) is 12.0 Å². The molecule has 0 radical (unpaired) electrons. The Hall–Kier alpha value is -1.65. The number of benzene rings is 1. The van der Waals surface area contributed by atoms with E-state index in [0.29, 0.717) is 16.8 Å². The van der Waals surface area contributed by atoms with Crippen molar-refractivity contribution in [3.05, 3.63) is 52.4 Å². The van der Waals surface area contributed by atoms with Gasteiger partial charge in [-0.05, 0) is 18.9 Å². The molecule has 1 aromatic heterocycles. The fourth-order valence-corrected chi connectivity index (χ4v) is 2.27. The summed E-state index contributed by atoms with van der Waals surface area (Å²) in [5.74, 6) is 1.39. The normalized spacial score (nSPS) is 12.2. The third-order valence-corrected chi connectivity index (χ3v) is 3.70. The van der Waals surface area contributed by atoms with E-state index in [9.17, 15) is 5.11 Å². The lowest BCUT2D eigenvalue weighted by Gasteiger charge is -2.19. The van der Waals surface area contributed by atoms with Crippen LogP contribution < -0.4 is 5.32 Å². The summed E-state index contributed by atoms with van der Waals surface area (Å²) in [4.78, 5) is 8.68. The molecule has 5 heteroatoms. The van der Waals surface area contributed by atoms with E-state index in [2.05, 4.69) is 15.3 Å². The van der Waals surface area contributed by atoms with Gasteiger partial charge in [0.15, 0.2) is 0 Å². The monoisotopic (exact) mass is 305 g/mol. The molecule has 112 valence electrons. The number of aliphatic hydroxyl groups is 1. The number of halogens is 1. The summed E-state index contributed by atoms with van der Waals surface area (Å²) in [6.07, 6.45) is 1.44. The molecule has 0 bridgehead atoms. The van der Waals surface area contributed by atoms with Gasteiger partial charge >= 0.3 is 0 Å². The van der Waals surface area contributed by atoms with Crippen molar-refractivity contribution < 1.29 is 5.11 Å². The molecule has 0 fully saturated rings. The molecular weight excluding hydrogens is 286 g/mol. The molecule has 2 rings (SSSR count). The molecule has 1 unspecified atom stereocenters. The molecule has 0 saturated heterocycles. The second-order valence-corrected chi connectivity index (χ2v) is 5.33. The quantitative estimate of drug-likeness (QED) is 0.806. The Morgan fingerprint density at radius 2 is 1.95 bits per heavy atom. The summed E-state index contributed by atoms with van der Waals surface area (Å²) < 4.78 is 0. The van der Waals surface area contributed by atoms with E-state index in [0.717, 1.165) is 24.0 Å². The molecule has 2 aromatic rings. The zero-order valence-electron chi connectivity index (χ0n) is 12.3. The van der Waals surface area contributed by atoms with Crippen LogP contribution in [0.4, 0.5) is 5.82 Å². The van der Waals surface area contributed by atoms with Gasteiger partial charge in [-0.15, -0.1) is 0 Å². The third kappa shape index (κ3) is 4.16. The summed E-state index contributed by atoms with van der Waals surface area (Å²) in [5.41, 5.74) is 1.97. The number of hydrogen-bond acceptors (Lipinski definition) is 4. The highest BCUT2D eigenvalue weighted by Crippen LogP contribution is 2.21. The van der Waals surface area contributed by atoms with Gasteiger partial charge < -0.3 is 10.4 Å². The Labute approximate surface area is 130 Å². The van der Waals surface area contributed by atoms with E-state index in [1.54, 1.807) is 0 Å². The van der Waals surface area contributed by atoms with Crippen molar-refractivity contribution in [3.63, 3.8) is 0 Å². The Kier molecular flexibility index (Phi) is 5.53. The maximum atomic E-state index is 9.60. The van der Waals surface area contributed by atoms with E-state index in [1.807, 2.05) is 44.2 Å². The van der Waals surface area contributed by atoms with Crippen molar-refractivity contribution in [2.75, 3.05) is 11.9 Å². The number of nitrogens with one attached hydrogen (secondary N) is 1. The highest BCUT2D eigenvalue weighted by Gasteiger charge is 2.14. The lowest BCUT2D eigenvalue weighted by Crippen LogP contribution is -2.27. The summed E-state index contributed by atoms with van der Waals surface area (Å²) >= 11 is 6.13. The molecule has 1 aromatic carbocycles. The fraction of sp³-hybridized carbons (Fsp3) is 0.375. The highest BCUT2D eigenvalue weighted by atomic mass is 35.5. The molecule has 0 spiro atoms. The van der Waals surface area contributed by atoms with Crippen LogP contribution in [0, 0.1) is 6.92 Å². The van der Waals surface area contributed by atoms with E-state index in [1.165, 1.54) is 0 Å². The number of aliphatic hydroxyl groups excluding tert-OH is 1. The third-order valence-electron chi connectivity index (χ3n) is 3.34. The van der Waals surface area contributed by atoms with Gasteiger partial charge in [-0.3, -0.25) is 0 Å². The minimum atomic E-state index is -0.109. The molecule has 0 aliphatic rings. The minimum Gasteiger partial charge on any atom is -0.394 e. The van der Waals surface area contributed by atoms with Gasteiger partial charge in [-0.2, -0.15) is 0 Å². The number of aryl methyl sites for hydroxylation is 1. The first kappa shape index (κ1) is 15.7. The van der Waals surface area contributed by atoms with Crippen molar-refractivity contribution in [1.29, 1.82) is 0 Å². The van der Waals surface area contributed by atoms with Crippen LogP contribution in [0.1, 0.15) is 23.9 Å². The maximum Gasteiger partial charge on any atom is 0.137 e. The maximum absolute atomic E-state index is 9.60. The van der Waals surface area contributed by atoms with Gasteiger partial charge in [0.1, 0.15) is 16.8 Å². The minimum absolute atomic E-state index is 0.0252. The molecule has 0 aliphatic carbocycles. The van der Waals surface area contributed by atoms with Crippen LogP contribution in [0.15, 0.2) is 30.3 Å². The topological polar surface area (TPSA) is 58.0 Å². The number of aromatic nitrogens is 2. The predicted molar refractivity (Wildman–Crippen MR) is 85.8 cm³/mol. The van der Waals surface area contributed by atoms with Crippen molar-refractivity contribution in [2.45, 2.75) is 32.7 Å². The van der Waals surface area contributed by atoms with Crippen molar-refractivity contribution in [2.24, 2.45) is 0 Å². The van der Waals surface area contributed by atoms with E-state index < -0.39 is 0 Å². The van der Waals surface area contributed by atoms with Crippen LogP contribution in [-0.2, 0) is 12.8 Å². The van der Waals surface area contributed by atoms with E-state index in [-0.39, 0.29) is 12.6 Å². The summed E-state index contributed by atoms with van der Waals surface area (Å²) in [7, 11) is 0. The Morgan fingerprint density at radius 3 is 2.57 bits per heavy atom. The van der Waals surface area contributed by atoms with E-state index >= 15 is 0 Å². The molecule has 1 atom stereocenters. The Bertz CT molecular complexity index is 590. The largest absolute Gasteiger partial charge is 0.394 e. The van der Waals surface area contributed by atoms with Crippen molar-refractivity contribution >= 4 is 17.4 Å². The lowest BCUT2D eigenvalue weighted by atomic mass is 10.1. The molecule has 21 heavy (non-hydrogen) atoms.